The third kappa shape index (κ3) is 581. The molecule has 0 aliphatic carbocycles. The zero-order valence-electron chi connectivity index (χ0n) is 7.17. The Morgan fingerprint density at radius 3 is 1.00 bits per heavy atom. The van der Waals surface area contributed by atoms with Gasteiger partial charge in [0, 0.05) is 0 Å². The van der Waals surface area contributed by atoms with Gasteiger partial charge in [-0.1, -0.05) is 6.08 Å². The Kier molecular flexibility index (Phi) is 608. The summed E-state index contributed by atoms with van der Waals surface area (Å²) in [6.45, 7) is 13.5. The van der Waals surface area contributed by atoms with Crippen LogP contribution in [0.15, 0.2) is 38.5 Å². The predicted molar refractivity (Wildman–Crippen MR) is 38.5 cm³/mol. The largest absolute Gasteiger partial charge is 1.00 e. The molecule has 0 aromatic carbocycles. The zero-order chi connectivity index (χ0) is 8.28. The quantitative estimate of drug-likeness (QED) is 0.275. The van der Waals surface area contributed by atoms with Gasteiger partial charge in [-0.3, -0.25) is 0 Å². The first-order valence-electron chi connectivity index (χ1n) is 2.22. The lowest BCUT2D eigenvalue weighted by molar-refractivity contribution is -0.00100. The molecule has 0 aliphatic heterocycles. The maximum atomic E-state index is 10.1. The third-order valence-electron chi connectivity index (χ3n) is 0. The molecule has 6 heteroatoms. The van der Waals surface area contributed by atoms with E-state index in [4.69, 9.17) is 0 Å². The molecule has 86 valence electrons. The molecule has 0 aromatic rings. The van der Waals surface area contributed by atoms with Crippen molar-refractivity contribution < 1.29 is 27.6 Å². The van der Waals surface area contributed by atoms with Crippen molar-refractivity contribution in [2.75, 3.05) is 0 Å². The van der Waals surface area contributed by atoms with E-state index in [0.717, 1.165) is 0 Å². The van der Waals surface area contributed by atoms with Gasteiger partial charge in [0.25, 0.3) is 6.08 Å². The van der Waals surface area contributed by atoms with Crippen LogP contribution in [0.5, 0.6) is 0 Å². The first kappa shape index (κ1) is 59.7. The van der Waals surface area contributed by atoms with Crippen molar-refractivity contribution in [3.05, 3.63) is 38.5 Å². The molecule has 0 bridgehead atoms. The highest BCUT2D eigenvalue weighted by Gasteiger charge is 1.65. The topological polar surface area (TPSA) is 0 Å². The maximum Gasteiger partial charge on any atom is 0.263 e. The summed E-state index contributed by atoms with van der Waals surface area (Å²) >= 11 is 0. The van der Waals surface area contributed by atoms with E-state index in [1.165, 1.54) is 0 Å². The number of hydrogen-bond acceptors (Lipinski definition) is 0. The van der Waals surface area contributed by atoms with Crippen molar-refractivity contribution in [2.24, 2.45) is 0 Å². The van der Waals surface area contributed by atoms with Crippen LogP contribution >= 0.6 is 0 Å². The van der Waals surface area contributed by atoms with Gasteiger partial charge in [-0.25, -0.2) is 0 Å². The molecule has 0 amide bonds. The highest BCUT2D eigenvalue weighted by Crippen LogP contribution is 1.85. The number of halogens is 6. The Bertz CT molecular complexity index is 69.4. The van der Waals surface area contributed by atoms with E-state index < -0.39 is 6.08 Å². The van der Waals surface area contributed by atoms with Crippen molar-refractivity contribution in [1.29, 1.82) is 0 Å². The molecular weight excluding hydrogens is 198 g/mol. The minimum Gasteiger partial charge on any atom is -1.00 e. The Hall–Kier alpha value is -1.20. The van der Waals surface area contributed by atoms with Crippen LogP contribution in [0.3, 0.4) is 0 Å². The average Bonchev–Trinajstić information content (AvgIpc) is 1.71. The van der Waals surface area contributed by atoms with Crippen molar-refractivity contribution in [1.82, 2.24) is 0 Å². The normalized spacial score (nSPS) is 3.31. The van der Waals surface area contributed by atoms with Gasteiger partial charge in [0.15, 0.2) is 0 Å². The fraction of sp³-hybridized carbons (Fsp3) is 0.143. The molecule has 0 N–H and O–H groups in total. The Labute approximate surface area is 74.1 Å². The predicted octanol–water partition coefficient (Wildman–Crippen LogP) is -8.59. The molecule has 0 aromatic heterocycles. The summed E-state index contributed by atoms with van der Waals surface area (Å²) in [6.07, 6.45) is -0.0833. The lowest BCUT2D eigenvalue weighted by atomic mass is 10.8. The van der Waals surface area contributed by atoms with E-state index in [0.29, 0.717) is 0 Å². The minimum atomic E-state index is -1.83. The molecule has 0 saturated heterocycles. The van der Waals surface area contributed by atoms with Crippen LogP contribution in [-0.2, 0) is 0 Å². The van der Waals surface area contributed by atoms with E-state index in [1.54, 1.807) is 6.08 Å². The average molecular weight is 210 g/mol. The fourth-order valence-corrected chi connectivity index (χ4v) is 0. The Balaban J connectivity index is -0.00000000749. The summed E-state index contributed by atoms with van der Waals surface area (Å²) in [6, 6.07) is 0. The van der Waals surface area contributed by atoms with Gasteiger partial charge in [0.2, 0.25) is 0 Å². The second-order valence-corrected chi connectivity index (χ2v) is 0.747. The van der Waals surface area contributed by atoms with Crippen molar-refractivity contribution in [3.63, 3.8) is 0 Å². The summed E-state index contributed by atoms with van der Waals surface area (Å²) in [7, 11) is 0. The molecular formula is C7H12F6-4. The van der Waals surface area contributed by atoms with Crippen LogP contribution in [0.2, 0.25) is 0 Å². The van der Waals surface area contributed by atoms with Gasteiger partial charge in [0.05, 0.1) is 0 Å². The lowest BCUT2D eigenvalue weighted by Gasteiger charge is -1.54. The Morgan fingerprint density at radius 2 is 1.00 bits per heavy atom. The summed E-state index contributed by atoms with van der Waals surface area (Å²) in [5.74, 6) is 0. The zero-order valence-corrected chi connectivity index (χ0v) is 7.17. The molecule has 0 rings (SSSR count). The van der Waals surface area contributed by atoms with Gasteiger partial charge in [-0.05, 0) is 13.5 Å². The van der Waals surface area contributed by atoms with Crippen LogP contribution in [0.1, 0.15) is 6.92 Å². The SMILES string of the molecule is C=C.C=C(F)F.C=CC.[F-].[F-].[F-].[F-]. The second kappa shape index (κ2) is 132. The van der Waals surface area contributed by atoms with Crippen LogP contribution in [0.4, 0.5) is 8.78 Å². The molecule has 0 atom stereocenters. The van der Waals surface area contributed by atoms with Crippen molar-refractivity contribution >= 4 is 0 Å². The smallest absolute Gasteiger partial charge is 0.263 e. The van der Waals surface area contributed by atoms with Gasteiger partial charge < -0.3 is 18.8 Å². The second-order valence-electron chi connectivity index (χ2n) is 0.747. The molecule has 0 fully saturated rings. The summed E-state index contributed by atoms with van der Waals surface area (Å²) in [5, 5.41) is 0. The van der Waals surface area contributed by atoms with Gasteiger partial charge in [-0.2, -0.15) is 8.78 Å². The van der Waals surface area contributed by atoms with E-state index >= 15 is 0 Å². The molecule has 0 spiro atoms. The molecule has 0 aliphatic rings. The molecule has 13 heavy (non-hydrogen) atoms. The van der Waals surface area contributed by atoms with E-state index in [1.807, 2.05) is 6.92 Å². The molecule has 0 unspecified atom stereocenters. The monoisotopic (exact) mass is 210 g/mol. The summed E-state index contributed by atoms with van der Waals surface area (Å²) in [4.78, 5) is 0. The van der Waals surface area contributed by atoms with E-state index in [-0.39, 0.29) is 18.8 Å². The van der Waals surface area contributed by atoms with Crippen molar-refractivity contribution in [2.45, 2.75) is 6.92 Å². The number of allylic oxidation sites excluding steroid dienone is 1. The minimum absolute atomic E-state index is 0. The first-order valence-corrected chi connectivity index (χ1v) is 2.22. The van der Waals surface area contributed by atoms with Crippen LogP contribution in [-0.4, -0.2) is 0 Å². The highest BCUT2D eigenvalue weighted by molar-refractivity contribution is 4.57. The maximum absolute atomic E-state index is 10.1. The van der Waals surface area contributed by atoms with Crippen LogP contribution in [0.25, 0.3) is 0 Å². The summed E-state index contributed by atoms with van der Waals surface area (Å²) in [5.41, 5.74) is 0. The van der Waals surface area contributed by atoms with Crippen molar-refractivity contribution in [3.8, 4) is 0 Å². The standard InChI is InChI=1S/C3H6.C2H2F2.C2H4.4FH/c1-3-2;1-2(3)4;1-2;;;;/h3H,1H2,2H3;1H2;1-2H2;4*1H/p-4. The summed E-state index contributed by atoms with van der Waals surface area (Å²) < 4.78 is 20.3. The molecule has 0 saturated carbocycles. The fourth-order valence-electron chi connectivity index (χ4n) is 0. The van der Waals surface area contributed by atoms with Crippen LogP contribution < -0.4 is 18.8 Å². The van der Waals surface area contributed by atoms with Gasteiger partial charge in [0.1, 0.15) is 0 Å². The first-order chi connectivity index (χ1) is 4.15. The molecule has 0 nitrogen and oxygen atoms in total. The molecule has 0 radical (unpaired) electrons. The van der Waals surface area contributed by atoms with E-state index in [2.05, 4.69) is 26.3 Å². The third-order valence-corrected chi connectivity index (χ3v) is 0. The number of rotatable bonds is 0. The highest BCUT2D eigenvalue weighted by atomic mass is 19.3. The van der Waals surface area contributed by atoms with Gasteiger partial charge in [-0.15, -0.1) is 19.7 Å². The van der Waals surface area contributed by atoms with Gasteiger partial charge >= 0.3 is 0 Å². The number of hydrogen-bond donors (Lipinski definition) is 0. The van der Waals surface area contributed by atoms with Crippen LogP contribution in [0, 0.1) is 0 Å². The molecule has 0 heterocycles. The Morgan fingerprint density at radius 1 is 1.00 bits per heavy atom. The van der Waals surface area contributed by atoms with E-state index in [9.17, 15) is 8.78 Å². The lowest BCUT2D eigenvalue weighted by Crippen LogP contribution is -3.00.